The molecule has 0 spiro atoms. The fraction of sp³-hybridized carbons (Fsp3) is 0.700. The third kappa shape index (κ3) is 1.89. The van der Waals surface area contributed by atoms with E-state index in [-0.39, 0.29) is 0 Å². The van der Waals surface area contributed by atoms with Gasteiger partial charge in [0.15, 0.2) is 0 Å². The molecule has 1 heterocycles. The summed E-state index contributed by atoms with van der Waals surface area (Å²) in [4.78, 5) is 0. The maximum atomic E-state index is 5.97. The van der Waals surface area contributed by atoms with Crippen LogP contribution in [0, 0.1) is 9.49 Å². The number of aromatic nitrogens is 2. The van der Waals surface area contributed by atoms with Crippen molar-refractivity contribution in [2.75, 3.05) is 5.73 Å². The van der Waals surface area contributed by atoms with E-state index < -0.39 is 0 Å². The van der Waals surface area contributed by atoms with Crippen molar-refractivity contribution in [1.82, 2.24) is 9.78 Å². The quantitative estimate of drug-likeness (QED) is 0.811. The van der Waals surface area contributed by atoms with Crippen molar-refractivity contribution in [1.29, 1.82) is 0 Å². The molecule has 78 valence electrons. The van der Waals surface area contributed by atoms with Crippen molar-refractivity contribution in [3.63, 3.8) is 0 Å². The van der Waals surface area contributed by atoms with Gasteiger partial charge in [-0.05, 0) is 41.4 Å². The van der Waals surface area contributed by atoms with Gasteiger partial charge in [-0.2, -0.15) is 5.10 Å². The molecule has 1 aliphatic rings. The van der Waals surface area contributed by atoms with E-state index in [2.05, 4.69) is 34.6 Å². The van der Waals surface area contributed by atoms with E-state index in [1.165, 1.54) is 25.7 Å². The van der Waals surface area contributed by atoms with Crippen molar-refractivity contribution < 1.29 is 0 Å². The lowest BCUT2D eigenvalue weighted by atomic mass is 9.87. The number of nitrogen functional groups attached to an aromatic ring is 1. The number of rotatable bonds is 1. The summed E-state index contributed by atoms with van der Waals surface area (Å²) in [5.41, 5.74) is 5.97. The van der Waals surface area contributed by atoms with Crippen molar-refractivity contribution in [2.24, 2.45) is 5.92 Å². The van der Waals surface area contributed by atoms with Crippen molar-refractivity contribution >= 4 is 28.4 Å². The highest BCUT2D eigenvalue weighted by Crippen LogP contribution is 2.33. The van der Waals surface area contributed by atoms with E-state index in [4.69, 9.17) is 5.73 Å². The minimum atomic E-state index is 0.530. The van der Waals surface area contributed by atoms with Gasteiger partial charge in [-0.1, -0.05) is 19.8 Å². The Bertz CT molecular complexity index is 321. The fourth-order valence-corrected chi connectivity index (χ4v) is 2.64. The van der Waals surface area contributed by atoms with Gasteiger partial charge < -0.3 is 5.73 Å². The summed E-state index contributed by atoms with van der Waals surface area (Å²) < 4.78 is 3.08. The van der Waals surface area contributed by atoms with E-state index >= 15 is 0 Å². The Kier molecular flexibility index (Phi) is 2.99. The Morgan fingerprint density at radius 1 is 1.57 bits per heavy atom. The minimum Gasteiger partial charge on any atom is -0.383 e. The van der Waals surface area contributed by atoms with Crippen LogP contribution < -0.4 is 5.73 Å². The van der Waals surface area contributed by atoms with Gasteiger partial charge in [-0.15, -0.1) is 0 Å². The largest absolute Gasteiger partial charge is 0.383 e. The van der Waals surface area contributed by atoms with Crippen molar-refractivity contribution in [2.45, 2.75) is 38.6 Å². The third-order valence-corrected chi connectivity index (χ3v) is 3.87. The number of halogens is 1. The van der Waals surface area contributed by atoms with Gasteiger partial charge in [0.25, 0.3) is 0 Å². The zero-order chi connectivity index (χ0) is 10.1. The summed E-state index contributed by atoms with van der Waals surface area (Å²) in [6.45, 7) is 2.32. The second-order valence-corrected chi connectivity index (χ2v) is 5.41. The number of nitrogens with two attached hydrogens (primary N) is 1. The van der Waals surface area contributed by atoms with Crippen LogP contribution in [-0.4, -0.2) is 9.78 Å². The zero-order valence-corrected chi connectivity index (χ0v) is 10.6. The van der Waals surface area contributed by atoms with E-state index in [1.54, 1.807) is 0 Å². The first-order valence-electron chi connectivity index (χ1n) is 5.17. The lowest BCUT2D eigenvalue weighted by Gasteiger charge is -2.27. The SMILES string of the molecule is CC1CCCC(n2ncc(I)c2N)C1. The molecular weight excluding hydrogens is 289 g/mol. The van der Waals surface area contributed by atoms with E-state index in [1.807, 2.05) is 10.9 Å². The predicted octanol–water partition coefficient (Wildman–Crippen LogP) is 2.82. The molecule has 1 aromatic rings. The Morgan fingerprint density at radius 2 is 2.36 bits per heavy atom. The monoisotopic (exact) mass is 305 g/mol. The summed E-state index contributed by atoms with van der Waals surface area (Å²) >= 11 is 2.24. The predicted molar refractivity (Wildman–Crippen MR) is 66.0 cm³/mol. The molecule has 0 bridgehead atoms. The second-order valence-electron chi connectivity index (χ2n) is 4.25. The first kappa shape index (κ1) is 10.3. The van der Waals surface area contributed by atoms with Crippen LogP contribution in [0.15, 0.2) is 6.20 Å². The van der Waals surface area contributed by atoms with Crippen LogP contribution >= 0.6 is 22.6 Å². The smallest absolute Gasteiger partial charge is 0.135 e. The van der Waals surface area contributed by atoms with E-state index in [0.29, 0.717) is 6.04 Å². The normalized spacial score (nSPS) is 27.9. The molecule has 0 aliphatic heterocycles. The molecule has 3 nitrogen and oxygen atoms in total. The van der Waals surface area contributed by atoms with Gasteiger partial charge in [-0.3, -0.25) is 0 Å². The molecule has 0 aromatic carbocycles. The molecule has 0 saturated heterocycles. The van der Waals surface area contributed by atoms with Crippen LogP contribution in [0.2, 0.25) is 0 Å². The van der Waals surface area contributed by atoms with Crippen LogP contribution in [0.4, 0.5) is 5.82 Å². The topological polar surface area (TPSA) is 43.8 Å². The van der Waals surface area contributed by atoms with Crippen LogP contribution in [0.1, 0.15) is 38.6 Å². The molecule has 0 radical (unpaired) electrons. The van der Waals surface area contributed by atoms with E-state index in [0.717, 1.165) is 15.3 Å². The average molecular weight is 305 g/mol. The summed E-state index contributed by atoms with van der Waals surface area (Å²) in [5.74, 6) is 1.65. The molecule has 1 aromatic heterocycles. The van der Waals surface area contributed by atoms with Crippen molar-refractivity contribution in [3.05, 3.63) is 9.77 Å². The van der Waals surface area contributed by atoms with Gasteiger partial charge in [0.1, 0.15) is 5.82 Å². The Hall–Kier alpha value is -0.260. The molecule has 2 rings (SSSR count). The molecule has 2 atom stereocenters. The average Bonchev–Trinajstić information content (AvgIpc) is 2.48. The van der Waals surface area contributed by atoms with Gasteiger partial charge >= 0.3 is 0 Å². The molecule has 2 N–H and O–H groups in total. The van der Waals surface area contributed by atoms with Crippen LogP contribution in [0.3, 0.4) is 0 Å². The number of anilines is 1. The first-order valence-corrected chi connectivity index (χ1v) is 6.25. The maximum absolute atomic E-state index is 5.97. The Labute approximate surface area is 98.2 Å². The molecular formula is C10H16IN3. The second kappa shape index (κ2) is 4.08. The summed E-state index contributed by atoms with van der Waals surface area (Å²) in [6.07, 6.45) is 6.97. The minimum absolute atomic E-state index is 0.530. The fourth-order valence-electron chi connectivity index (χ4n) is 2.27. The molecule has 1 aliphatic carbocycles. The van der Waals surface area contributed by atoms with Gasteiger partial charge in [0.05, 0.1) is 15.8 Å². The Morgan fingerprint density at radius 3 is 2.93 bits per heavy atom. The third-order valence-electron chi connectivity index (χ3n) is 3.04. The van der Waals surface area contributed by atoms with E-state index in [9.17, 15) is 0 Å². The molecule has 4 heteroatoms. The van der Waals surface area contributed by atoms with Crippen LogP contribution in [0.25, 0.3) is 0 Å². The highest BCUT2D eigenvalue weighted by atomic mass is 127. The van der Waals surface area contributed by atoms with Gasteiger partial charge in [0, 0.05) is 0 Å². The lowest BCUT2D eigenvalue weighted by Crippen LogP contribution is -2.20. The Balaban J connectivity index is 2.18. The van der Waals surface area contributed by atoms with Crippen molar-refractivity contribution in [3.8, 4) is 0 Å². The zero-order valence-electron chi connectivity index (χ0n) is 8.41. The highest BCUT2D eigenvalue weighted by Gasteiger charge is 2.22. The summed E-state index contributed by atoms with van der Waals surface area (Å²) in [6, 6.07) is 0.530. The highest BCUT2D eigenvalue weighted by molar-refractivity contribution is 14.1. The standard InChI is InChI=1S/C10H16IN3/c1-7-3-2-4-8(5-7)14-10(12)9(11)6-13-14/h6-8H,2-5,12H2,1H3. The van der Waals surface area contributed by atoms with Gasteiger partial charge in [-0.25, -0.2) is 4.68 Å². The summed E-state index contributed by atoms with van der Waals surface area (Å²) in [7, 11) is 0. The molecule has 14 heavy (non-hydrogen) atoms. The maximum Gasteiger partial charge on any atom is 0.135 e. The molecule has 0 amide bonds. The molecule has 2 unspecified atom stereocenters. The molecule has 1 fully saturated rings. The lowest BCUT2D eigenvalue weighted by molar-refractivity contribution is 0.269. The first-order chi connectivity index (χ1) is 6.68. The number of nitrogens with zero attached hydrogens (tertiary/aromatic N) is 2. The summed E-state index contributed by atoms with van der Waals surface area (Å²) in [5, 5.41) is 4.36. The van der Waals surface area contributed by atoms with Gasteiger partial charge in [0.2, 0.25) is 0 Å². The van der Waals surface area contributed by atoms with Crippen LogP contribution in [0.5, 0.6) is 0 Å². The number of hydrogen-bond acceptors (Lipinski definition) is 2. The van der Waals surface area contributed by atoms with Crippen LogP contribution in [-0.2, 0) is 0 Å². The molecule has 1 saturated carbocycles. The number of hydrogen-bond donors (Lipinski definition) is 1.